The van der Waals surface area contributed by atoms with Gasteiger partial charge in [-0.15, -0.1) is 0 Å². The van der Waals surface area contributed by atoms with Crippen molar-refractivity contribution in [3.8, 4) is 0 Å². The average Bonchev–Trinajstić information content (AvgIpc) is 3.06. The average molecular weight is 335 g/mol. The number of likely N-dealkylation sites (tertiary alicyclic amines) is 1. The number of hydrogen-bond acceptors (Lipinski definition) is 4. The zero-order valence-corrected chi connectivity index (χ0v) is 14.5. The molecule has 3 aromatic heterocycles. The van der Waals surface area contributed by atoms with Crippen LogP contribution in [0.4, 0.5) is 0 Å². The van der Waals surface area contributed by atoms with Gasteiger partial charge in [0.1, 0.15) is 5.56 Å². The molecule has 1 aliphatic rings. The first-order valence-corrected chi connectivity index (χ1v) is 8.69. The molecule has 25 heavy (non-hydrogen) atoms. The van der Waals surface area contributed by atoms with E-state index in [0.29, 0.717) is 11.2 Å². The summed E-state index contributed by atoms with van der Waals surface area (Å²) in [4.78, 5) is 24.2. The number of aryl methyl sites for hydroxylation is 2. The van der Waals surface area contributed by atoms with Crippen molar-refractivity contribution in [2.75, 3.05) is 6.54 Å². The highest BCUT2D eigenvalue weighted by molar-refractivity contribution is 6.00. The third-order valence-corrected chi connectivity index (χ3v) is 4.80. The number of fused-ring (bicyclic) bond motifs is 1. The van der Waals surface area contributed by atoms with Crippen molar-refractivity contribution in [2.24, 2.45) is 0 Å². The highest BCUT2D eigenvalue weighted by Gasteiger charge is 2.31. The van der Waals surface area contributed by atoms with Gasteiger partial charge in [-0.3, -0.25) is 9.78 Å². The molecule has 1 fully saturated rings. The van der Waals surface area contributed by atoms with E-state index in [-0.39, 0.29) is 11.9 Å². The molecule has 0 aliphatic carbocycles. The lowest BCUT2D eigenvalue weighted by Gasteiger charge is -2.35. The van der Waals surface area contributed by atoms with Crippen molar-refractivity contribution in [3.63, 3.8) is 0 Å². The largest absolute Gasteiger partial charge is 0.330 e. The fraction of sp³-hybridized carbons (Fsp3) is 0.368. The zero-order chi connectivity index (χ0) is 17.4. The minimum absolute atomic E-state index is 0.0112. The van der Waals surface area contributed by atoms with E-state index >= 15 is 0 Å². The number of carbonyl (C=O) groups is 1. The third-order valence-electron chi connectivity index (χ3n) is 4.80. The van der Waals surface area contributed by atoms with Crippen molar-refractivity contribution in [2.45, 2.75) is 39.2 Å². The van der Waals surface area contributed by atoms with Crippen LogP contribution in [-0.4, -0.2) is 36.9 Å². The summed E-state index contributed by atoms with van der Waals surface area (Å²) in [5, 5.41) is 4.36. The number of carbonyl (C=O) groups excluding carboxylic acids is 1. The maximum absolute atomic E-state index is 13.3. The lowest BCUT2D eigenvalue weighted by Crippen LogP contribution is -2.38. The topological polar surface area (TPSA) is 63.4 Å². The molecule has 0 saturated carbocycles. The minimum Gasteiger partial charge on any atom is -0.330 e. The Kier molecular flexibility index (Phi) is 3.95. The molecule has 0 aromatic carbocycles. The molecule has 6 nitrogen and oxygen atoms in total. The predicted molar refractivity (Wildman–Crippen MR) is 94.3 cm³/mol. The second-order valence-corrected chi connectivity index (χ2v) is 6.60. The SMILES string of the molecule is Cc1cc(C)n2ncc(C(=O)N3CCCC[C@@H]3c3ccccn3)c2n1. The van der Waals surface area contributed by atoms with Crippen LogP contribution in [0.2, 0.25) is 0 Å². The molecule has 4 rings (SSSR count). The van der Waals surface area contributed by atoms with Gasteiger partial charge in [-0.1, -0.05) is 6.07 Å². The Morgan fingerprint density at radius 2 is 2.12 bits per heavy atom. The Morgan fingerprint density at radius 1 is 1.24 bits per heavy atom. The van der Waals surface area contributed by atoms with Gasteiger partial charge in [0, 0.05) is 24.1 Å². The maximum atomic E-state index is 13.3. The van der Waals surface area contributed by atoms with Crippen molar-refractivity contribution < 1.29 is 4.79 Å². The first kappa shape index (κ1) is 15.7. The van der Waals surface area contributed by atoms with Gasteiger partial charge in [0.15, 0.2) is 5.65 Å². The van der Waals surface area contributed by atoms with Gasteiger partial charge in [0.25, 0.3) is 5.91 Å². The van der Waals surface area contributed by atoms with Gasteiger partial charge < -0.3 is 4.90 Å². The molecule has 6 heteroatoms. The summed E-state index contributed by atoms with van der Waals surface area (Å²) >= 11 is 0. The quantitative estimate of drug-likeness (QED) is 0.722. The summed E-state index contributed by atoms with van der Waals surface area (Å²) in [6.07, 6.45) is 6.49. The van der Waals surface area contributed by atoms with Gasteiger partial charge in [-0.05, 0) is 51.3 Å². The highest BCUT2D eigenvalue weighted by atomic mass is 16.2. The molecule has 128 valence electrons. The summed E-state index contributed by atoms with van der Waals surface area (Å²) in [6.45, 7) is 4.65. The third kappa shape index (κ3) is 2.77. The van der Waals surface area contributed by atoms with Crippen LogP contribution in [0.25, 0.3) is 5.65 Å². The summed E-state index contributed by atoms with van der Waals surface area (Å²) in [7, 11) is 0. The van der Waals surface area contributed by atoms with Crippen LogP contribution in [-0.2, 0) is 0 Å². The second-order valence-electron chi connectivity index (χ2n) is 6.60. The van der Waals surface area contributed by atoms with Gasteiger partial charge in [0.05, 0.1) is 17.9 Å². The molecule has 1 aliphatic heterocycles. The second kappa shape index (κ2) is 6.27. The smallest absolute Gasteiger partial charge is 0.259 e. The van der Waals surface area contributed by atoms with Crippen LogP contribution >= 0.6 is 0 Å². The molecule has 0 unspecified atom stereocenters. The summed E-state index contributed by atoms with van der Waals surface area (Å²) < 4.78 is 1.74. The summed E-state index contributed by atoms with van der Waals surface area (Å²) in [5.74, 6) is -0.0112. The van der Waals surface area contributed by atoms with E-state index in [9.17, 15) is 4.79 Å². The maximum Gasteiger partial charge on any atom is 0.259 e. The molecule has 0 spiro atoms. The van der Waals surface area contributed by atoms with Crippen LogP contribution in [0.1, 0.15) is 52.7 Å². The first-order chi connectivity index (χ1) is 12.1. The van der Waals surface area contributed by atoms with E-state index in [4.69, 9.17) is 0 Å². The zero-order valence-electron chi connectivity index (χ0n) is 14.5. The molecule has 1 saturated heterocycles. The van der Waals surface area contributed by atoms with Crippen LogP contribution in [0, 0.1) is 13.8 Å². The van der Waals surface area contributed by atoms with Crippen molar-refractivity contribution in [1.82, 2.24) is 24.5 Å². The number of pyridine rings is 1. The number of piperidine rings is 1. The number of amides is 1. The molecule has 3 aromatic rings. The molecule has 0 N–H and O–H groups in total. The molecule has 1 atom stereocenters. The van der Waals surface area contributed by atoms with E-state index in [0.717, 1.165) is 42.9 Å². The molecule has 1 amide bonds. The van der Waals surface area contributed by atoms with E-state index < -0.39 is 0 Å². The minimum atomic E-state index is -0.0112. The van der Waals surface area contributed by atoms with Gasteiger partial charge in [-0.25, -0.2) is 9.50 Å². The van der Waals surface area contributed by atoms with Crippen molar-refractivity contribution in [1.29, 1.82) is 0 Å². The van der Waals surface area contributed by atoms with E-state index in [1.54, 1.807) is 16.9 Å². The van der Waals surface area contributed by atoms with E-state index in [1.165, 1.54) is 0 Å². The fourth-order valence-corrected chi connectivity index (χ4v) is 3.63. The normalized spacial score (nSPS) is 17.8. The Bertz CT molecular complexity index is 918. The highest BCUT2D eigenvalue weighted by Crippen LogP contribution is 2.31. The Morgan fingerprint density at radius 3 is 2.92 bits per heavy atom. The predicted octanol–water partition coefficient (Wildman–Crippen LogP) is 3.11. The van der Waals surface area contributed by atoms with Crippen LogP contribution < -0.4 is 0 Å². The molecular weight excluding hydrogens is 314 g/mol. The standard InChI is InChI=1S/C19H21N5O/c1-13-11-14(2)24-18(22-13)15(12-21-24)19(25)23-10-6-4-8-17(23)16-7-3-5-9-20-16/h3,5,7,9,11-12,17H,4,6,8,10H2,1-2H3/t17-/m1/s1. The van der Waals surface area contributed by atoms with Gasteiger partial charge >= 0.3 is 0 Å². The lowest BCUT2D eigenvalue weighted by atomic mass is 9.98. The van der Waals surface area contributed by atoms with Crippen molar-refractivity contribution >= 4 is 11.6 Å². The molecular formula is C19H21N5O. The molecule has 0 bridgehead atoms. The van der Waals surface area contributed by atoms with E-state index in [2.05, 4.69) is 15.1 Å². The lowest BCUT2D eigenvalue weighted by molar-refractivity contribution is 0.0608. The Balaban J connectivity index is 1.74. The van der Waals surface area contributed by atoms with Crippen LogP contribution in [0.3, 0.4) is 0 Å². The monoisotopic (exact) mass is 335 g/mol. The number of rotatable bonds is 2. The Labute approximate surface area is 146 Å². The number of nitrogens with zero attached hydrogens (tertiary/aromatic N) is 5. The fourth-order valence-electron chi connectivity index (χ4n) is 3.63. The molecule has 4 heterocycles. The summed E-state index contributed by atoms with van der Waals surface area (Å²) in [6, 6.07) is 7.86. The van der Waals surface area contributed by atoms with Crippen molar-refractivity contribution in [3.05, 3.63) is 59.3 Å². The first-order valence-electron chi connectivity index (χ1n) is 8.69. The van der Waals surface area contributed by atoms with Gasteiger partial charge in [0.2, 0.25) is 0 Å². The molecule has 0 radical (unpaired) electrons. The number of aromatic nitrogens is 4. The summed E-state index contributed by atoms with van der Waals surface area (Å²) in [5.41, 5.74) is 4.01. The van der Waals surface area contributed by atoms with Crippen LogP contribution in [0.5, 0.6) is 0 Å². The van der Waals surface area contributed by atoms with Gasteiger partial charge in [-0.2, -0.15) is 5.10 Å². The van der Waals surface area contributed by atoms with E-state index in [1.807, 2.05) is 43.0 Å². The number of hydrogen-bond donors (Lipinski definition) is 0. The Hall–Kier alpha value is -2.76. The van der Waals surface area contributed by atoms with Crippen LogP contribution in [0.15, 0.2) is 36.7 Å².